The Morgan fingerprint density at radius 3 is 2.60 bits per heavy atom. The molecule has 0 aliphatic carbocycles. The van der Waals surface area contributed by atoms with Gasteiger partial charge in [0.1, 0.15) is 6.61 Å². The second kappa shape index (κ2) is 12.0. The summed E-state index contributed by atoms with van der Waals surface area (Å²) in [5.41, 5.74) is 0.0627. The van der Waals surface area contributed by atoms with Crippen LogP contribution in [-0.2, 0) is 19.1 Å². The number of rotatable bonds is 11. The number of esters is 1. The summed E-state index contributed by atoms with van der Waals surface area (Å²) >= 11 is 0. The van der Waals surface area contributed by atoms with Crippen LogP contribution in [0.1, 0.15) is 25.7 Å². The third-order valence-corrected chi connectivity index (χ3v) is 2.51. The van der Waals surface area contributed by atoms with Gasteiger partial charge in [0.15, 0.2) is 0 Å². The van der Waals surface area contributed by atoms with E-state index in [9.17, 15) is 14.4 Å². The van der Waals surface area contributed by atoms with Crippen LogP contribution in [0.3, 0.4) is 0 Å². The average molecular weight is 282 g/mol. The lowest BCUT2D eigenvalue weighted by Crippen LogP contribution is -2.19. The van der Waals surface area contributed by atoms with Crippen LogP contribution < -0.4 is 0 Å². The quantitative estimate of drug-likeness (QED) is 0.197. The molecule has 0 aromatic carbocycles. The number of hydrogen-bond donors (Lipinski definition) is 1. The highest BCUT2D eigenvalue weighted by Crippen LogP contribution is 2.15. The van der Waals surface area contributed by atoms with Crippen molar-refractivity contribution in [3.05, 3.63) is 12.2 Å². The molecule has 0 saturated carbocycles. The van der Waals surface area contributed by atoms with Gasteiger partial charge in [0.25, 0.3) is 0 Å². The predicted molar refractivity (Wildman–Crippen MR) is 70.6 cm³/mol. The lowest BCUT2D eigenvalue weighted by molar-refractivity contribution is -0.140. The van der Waals surface area contributed by atoms with Crippen molar-refractivity contribution in [1.29, 1.82) is 0 Å². The number of hydrogen-bond acceptors (Lipinski definition) is 7. The molecule has 0 radical (unpaired) electrons. The maximum atomic E-state index is 11.5. The van der Waals surface area contributed by atoms with Crippen LogP contribution in [0.2, 0.25) is 0 Å². The van der Waals surface area contributed by atoms with E-state index in [1.165, 1.54) is 12.2 Å². The van der Waals surface area contributed by atoms with E-state index in [1.54, 1.807) is 0 Å². The Morgan fingerprint density at radius 2 is 2.00 bits per heavy atom. The van der Waals surface area contributed by atoms with Crippen molar-refractivity contribution in [2.45, 2.75) is 31.7 Å². The van der Waals surface area contributed by atoms with E-state index in [2.05, 4.69) is 16.6 Å². The smallest absolute Gasteiger partial charge is 0.335 e. The molecule has 7 nitrogen and oxygen atoms in total. The van der Waals surface area contributed by atoms with Gasteiger partial charge >= 0.3 is 5.97 Å². The summed E-state index contributed by atoms with van der Waals surface area (Å²) in [4.78, 5) is 38.7. The number of aliphatic imine (C=N–C) groups is 2. The number of carbonyl (C=O) groups excluding carboxylic acids is 3. The van der Waals surface area contributed by atoms with Gasteiger partial charge in [0.2, 0.25) is 12.2 Å². The molecule has 0 aromatic heterocycles. The van der Waals surface area contributed by atoms with Gasteiger partial charge in [-0.25, -0.2) is 19.4 Å². The molecule has 0 spiro atoms. The summed E-state index contributed by atoms with van der Waals surface area (Å²) in [6.07, 6.45) is 5.49. The largest absolute Gasteiger partial charge is 0.460 e. The zero-order valence-electron chi connectivity index (χ0n) is 11.2. The van der Waals surface area contributed by atoms with E-state index in [1.807, 2.05) is 0 Å². The predicted octanol–water partition coefficient (Wildman–Crippen LogP) is 0.679. The van der Waals surface area contributed by atoms with Crippen LogP contribution in [0, 0.1) is 0 Å². The average Bonchev–Trinajstić information content (AvgIpc) is 2.46. The molecule has 0 aromatic rings. The number of aliphatic hydroxyl groups excluding tert-OH is 1. The van der Waals surface area contributed by atoms with Gasteiger partial charge < -0.3 is 9.84 Å². The summed E-state index contributed by atoms with van der Waals surface area (Å²) < 4.78 is 4.70. The Bertz CT molecular complexity index is 409. The van der Waals surface area contributed by atoms with Crippen molar-refractivity contribution in [2.75, 3.05) is 19.8 Å². The molecule has 110 valence electrons. The van der Waals surface area contributed by atoms with Crippen molar-refractivity contribution >= 4 is 18.1 Å². The lowest BCUT2D eigenvalue weighted by Gasteiger charge is -2.12. The van der Waals surface area contributed by atoms with Crippen LogP contribution >= 0.6 is 0 Å². The zero-order valence-corrected chi connectivity index (χ0v) is 11.2. The number of nitrogens with zero attached hydrogens (tertiary/aromatic N) is 2. The second-order valence-electron chi connectivity index (χ2n) is 3.94. The number of aliphatic hydroxyl groups is 1. The Hall–Kier alpha value is -2.07. The van der Waals surface area contributed by atoms with Gasteiger partial charge in [-0.2, -0.15) is 4.99 Å². The molecule has 7 heteroatoms. The van der Waals surface area contributed by atoms with Gasteiger partial charge in [-0.1, -0.05) is 19.4 Å². The lowest BCUT2D eigenvalue weighted by atomic mass is 10.0. The van der Waals surface area contributed by atoms with Crippen molar-refractivity contribution in [3.8, 4) is 0 Å². The van der Waals surface area contributed by atoms with Gasteiger partial charge in [0.05, 0.1) is 24.8 Å². The molecule has 1 unspecified atom stereocenters. The molecule has 0 bridgehead atoms. The molecule has 0 amide bonds. The first-order valence-corrected chi connectivity index (χ1v) is 6.24. The first-order chi connectivity index (χ1) is 9.67. The SMILES string of the molecule is C=C(C(=O)OCCO)C(CCCCCN=C=O)N=C=O. The van der Waals surface area contributed by atoms with Crippen molar-refractivity contribution in [1.82, 2.24) is 0 Å². The van der Waals surface area contributed by atoms with Crippen LogP contribution in [0.25, 0.3) is 0 Å². The molecule has 0 heterocycles. The van der Waals surface area contributed by atoms with Crippen LogP contribution in [0.15, 0.2) is 22.1 Å². The van der Waals surface area contributed by atoms with Gasteiger partial charge in [-0.15, -0.1) is 0 Å². The summed E-state index contributed by atoms with van der Waals surface area (Å²) in [5, 5.41) is 8.55. The molecule has 20 heavy (non-hydrogen) atoms. The Kier molecular flexibility index (Phi) is 10.7. The molecule has 1 N–H and O–H groups in total. The minimum Gasteiger partial charge on any atom is -0.460 e. The fraction of sp³-hybridized carbons (Fsp3) is 0.615. The molecular formula is C13H18N2O5. The first-order valence-electron chi connectivity index (χ1n) is 6.24. The topological polar surface area (TPSA) is 105 Å². The summed E-state index contributed by atoms with van der Waals surface area (Å²) in [6.45, 7) is 3.56. The molecule has 1 atom stereocenters. The number of unbranched alkanes of at least 4 members (excludes halogenated alkanes) is 2. The second-order valence-corrected chi connectivity index (χ2v) is 3.94. The van der Waals surface area contributed by atoms with Crippen LogP contribution in [0.4, 0.5) is 0 Å². The number of ether oxygens (including phenoxy) is 1. The monoisotopic (exact) mass is 282 g/mol. The molecule has 0 rings (SSSR count). The van der Waals surface area contributed by atoms with Gasteiger partial charge in [-0.05, 0) is 12.8 Å². The molecule has 0 fully saturated rings. The third kappa shape index (κ3) is 8.11. The number of isocyanates is 2. The van der Waals surface area contributed by atoms with E-state index in [4.69, 9.17) is 9.84 Å². The highest BCUT2D eigenvalue weighted by atomic mass is 16.5. The third-order valence-electron chi connectivity index (χ3n) is 2.51. The Balaban J connectivity index is 4.20. The summed E-state index contributed by atoms with van der Waals surface area (Å²) in [5.74, 6) is -0.686. The minimum absolute atomic E-state index is 0.0627. The van der Waals surface area contributed by atoms with Crippen LogP contribution in [-0.4, -0.2) is 49.0 Å². The van der Waals surface area contributed by atoms with Crippen molar-refractivity contribution in [2.24, 2.45) is 9.98 Å². The highest BCUT2D eigenvalue weighted by Gasteiger charge is 2.19. The van der Waals surface area contributed by atoms with E-state index >= 15 is 0 Å². The van der Waals surface area contributed by atoms with E-state index < -0.39 is 12.0 Å². The fourth-order valence-corrected chi connectivity index (χ4v) is 1.50. The molecule has 0 aliphatic heterocycles. The van der Waals surface area contributed by atoms with E-state index in [0.29, 0.717) is 25.8 Å². The summed E-state index contributed by atoms with van der Waals surface area (Å²) in [6, 6.07) is -0.673. The Labute approximate surface area is 117 Å². The zero-order chi connectivity index (χ0) is 15.2. The highest BCUT2D eigenvalue weighted by molar-refractivity contribution is 5.89. The fourth-order valence-electron chi connectivity index (χ4n) is 1.50. The minimum atomic E-state index is -0.686. The van der Waals surface area contributed by atoms with Crippen LogP contribution in [0.5, 0.6) is 0 Å². The Morgan fingerprint density at radius 1 is 1.25 bits per heavy atom. The van der Waals surface area contributed by atoms with Crippen molar-refractivity contribution < 1.29 is 24.2 Å². The summed E-state index contributed by atoms with van der Waals surface area (Å²) in [7, 11) is 0. The normalized spacial score (nSPS) is 10.8. The molecule has 0 saturated heterocycles. The maximum Gasteiger partial charge on any atom is 0.335 e. The number of carbonyl (C=O) groups is 1. The van der Waals surface area contributed by atoms with Gasteiger partial charge in [-0.3, -0.25) is 0 Å². The van der Waals surface area contributed by atoms with E-state index in [0.717, 1.165) is 6.42 Å². The van der Waals surface area contributed by atoms with E-state index in [-0.39, 0.29) is 18.8 Å². The standard InChI is InChI=1S/C13H18N2O5/c1-11(13(19)20-8-7-16)12(15-10-18)5-3-2-4-6-14-9-17/h12,16H,1-8H2. The molecular weight excluding hydrogens is 264 g/mol. The molecule has 0 aliphatic rings. The van der Waals surface area contributed by atoms with Gasteiger partial charge in [0, 0.05) is 0 Å². The first kappa shape index (κ1) is 17.9. The maximum absolute atomic E-state index is 11.5. The van der Waals surface area contributed by atoms with Crippen molar-refractivity contribution in [3.63, 3.8) is 0 Å².